The van der Waals surface area contributed by atoms with E-state index in [4.69, 9.17) is 0 Å². The molecule has 1 nitrogen and oxygen atoms in total. The van der Waals surface area contributed by atoms with Gasteiger partial charge in [-0.2, -0.15) is 0 Å². The van der Waals surface area contributed by atoms with Crippen LogP contribution in [0.4, 0.5) is 4.39 Å². The predicted octanol–water partition coefficient (Wildman–Crippen LogP) is 3.37. The fourth-order valence-electron chi connectivity index (χ4n) is 1.48. The van der Waals surface area contributed by atoms with E-state index in [1.807, 2.05) is 0 Å². The SMILES string of the molecule is CCCCc1cc(F)ccc1C(C)=O. The van der Waals surface area contributed by atoms with Gasteiger partial charge in [0.25, 0.3) is 0 Å². The average molecular weight is 194 g/mol. The highest BCUT2D eigenvalue weighted by atomic mass is 19.1. The Morgan fingerprint density at radius 2 is 2.14 bits per heavy atom. The fraction of sp³-hybridized carbons (Fsp3) is 0.417. The van der Waals surface area contributed by atoms with Crippen molar-refractivity contribution in [1.82, 2.24) is 0 Å². The maximum Gasteiger partial charge on any atom is 0.160 e. The molecule has 1 aromatic carbocycles. The number of unbranched alkanes of at least 4 members (excludes halogenated alkanes) is 1. The second-order valence-corrected chi connectivity index (χ2v) is 3.46. The van der Waals surface area contributed by atoms with Crippen LogP contribution < -0.4 is 0 Å². The summed E-state index contributed by atoms with van der Waals surface area (Å²) in [5.74, 6) is -0.253. The summed E-state index contributed by atoms with van der Waals surface area (Å²) in [6.07, 6.45) is 2.82. The second-order valence-electron chi connectivity index (χ2n) is 3.46. The minimum Gasteiger partial charge on any atom is -0.295 e. The van der Waals surface area contributed by atoms with Gasteiger partial charge in [0.05, 0.1) is 0 Å². The third-order valence-corrected chi connectivity index (χ3v) is 2.25. The quantitative estimate of drug-likeness (QED) is 0.671. The van der Waals surface area contributed by atoms with Gasteiger partial charge in [-0.15, -0.1) is 0 Å². The first-order valence-electron chi connectivity index (χ1n) is 4.94. The van der Waals surface area contributed by atoms with Crippen LogP contribution in [0.2, 0.25) is 0 Å². The lowest BCUT2D eigenvalue weighted by Crippen LogP contribution is -2.00. The molecule has 0 heterocycles. The molecule has 0 saturated carbocycles. The third-order valence-electron chi connectivity index (χ3n) is 2.25. The number of hydrogen-bond donors (Lipinski definition) is 0. The lowest BCUT2D eigenvalue weighted by Gasteiger charge is -2.05. The summed E-state index contributed by atoms with van der Waals surface area (Å²) in [5, 5.41) is 0. The van der Waals surface area contributed by atoms with E-state index in [1.165, 1.54) is 19.1 Å². The maximum absolute atomic E-state index is 12.9. The summed E-state index contributed by atoms with van der Waals surface area (Å²) in [6.45, 7) is 3.59. The van der Waals surface area contributed by atoms with Crippen LogP contribution in [0, 0.1) is 5.82 Å². The van der Waals surface area contributed by atoms with Gasteiger partial charge in [0.15, 0.2) is 5.78 Å². The lowest BCUT2D eigenvalue weighted by atomic mass is 9.99. The molecule has 0 saturated heterocycles. The molecule has 0 amide bonds. The molecule has 1 aromatic rings. The van der Waals surface area contributed by atoms with Gasteiger partial charge in [0, 0.05) is 5.56 Å². The number of hydrogen-bond acceptors (Lipinski definition) is 1. The molecule has 76 valence electrons. The summed E-state index contributed by atoms with van der Waals surface area (Å²) in [6, 6.07) is 4.38. The molecular weight excluding hydrogens is 179 g/mol. The van der Waals surface area contributed by atoms with E-state index in [2.05, 4.69) is 6.92 Å². The Morgan fingerprint density at radius 1 is 1.43 bits per heavy atom. The first-order valence-corrected chi connectivity index (χ1v) is 4.94. The van der Waals surface area contributed by atoms with E-state index >= 15 is 0 Å². The summed E-state index contributed by atoms with van der Waals surface area (Å²) in [4.78, 5) is 11.2. The van der Waals surface area contributed by atoms with Crippen molar-refractivity contribution in [3.05, 3.63) is 35.1 Å². The topological polar surface area (TPSA) is 17.1 Å². The lowest BCUT2D eigenvalue weighted by molar-refractivity contribution is 0.101. The molecule has 0 fully saturated rings. The fourth-order valence-corrected chi connectivity index (χ4v) is 1.48. The zero-order valence-electron chi connectivity index (χ0n) is 8.64. The highest BCUT2D eigenvalue weighted by Gasteiger charge is 2.07. The Balaban J connectivity index is 2.97. The Hall–Kier alpha value is -1.18. The number of aryl methyl sites for hydroxylation is 1. The van der Waals surface area contributed by atoms with Gasteiger partial charge in [-0.05, 0) is 43.5 Å². The smallest absolute Gasteiger partial charge is 0.160 e. The summed E-state index contributed by atoms with van der Waals surface area (Å²) < 4.78 is 12.9. The zero-order valence-corrected chi connectivity index (χ0v) is 8.64. The van der Waals surface area contributed by atoms with Crippen LogP contribution in [0.25, 0.3) is 0 Å². The molecule has 0 aliphatic rings. The Labute approximate surface area is 83.9 Å². The van der Waals surface area contributed by atoms with Crippen LogP contribution in [0.3, 0.4) is 0 Å². The molecule has 0 radical (unpaired) electrons. The standard InChI is InChI=1S/C12H15FO/c1-3-4-5-10-8-11(13)6-7-12(10)9(2)14/h6-8H,3-5H2,1-2H3. The van der Waals surface area contributed by atoms with Gasteiger partial charge in [-0.3, -0.25) is 4.79 Å². The first-order chi connectivity index (χ1) is 6.65. The zero-order chi connectivity index (χ0) is 10.6. The van der Waals surface area contributed by atoms with Gasteiger partial charge < -0.3 is 0 Å². The summed E-state index contributed by atoms with van der Waals surface area (Å²) in [7, 11) is 0. The van der Waals surface area contributed by atoms with Crippen LogP contribution in [-0.4, -0.2) is 5.78 Å². The average Bonchev–Trinajstić information content (AvgIpc) is 2.14. The van der Waals surface area contributed by atoms with Crippen molar-refractivity contribution in [1.29, 1.82) is 0 Å². The number of benzene rings is 1. The minimum absolute atomic E-state index is 0.0103. The molecule has 0 bridgehead atoms. The number of carbonyl (C=O) groups excluding carboxylic acids is 1. The molecule has 1 rings (SSSR count). The van der Waals surface area contributed by atoms with Crippen molar-refractivity contribution in [3.63, 3.8) is 0 Å². The monoisotopic (exact) mass is 194 g/mol. The van der Waals surface area contributed by atoms with E-state index in [-0.39, 0.29) is 11.6 Å². The van der Waals surface area contributed by atoms with Gasteiger partial charge in [-0.25, -0.2) is 4.39 Å². The van der Waals surface area contributed by atoms with Gasteiger partial charge in [0.2, 0.25) is 0 Å². The van der Waals surface area contributed by atoms with Crippen LogP contribution in [0.1, 0.15) is 42.6 Å². The largest absolute Gasteiger partial charge is 0.295 e. The molecule has 0 atom stereocenters. The van der Waals surface area contributed by atoms with Crippen LogP contribution in [0.5, 0.6) is 0 Å². The van der Waals surface area contributed by atoms with Gasteiger partial charge >= 0.3 is 0 Å². The van der Waals surface area contributed by atoms with Crippen molar-refractivity contribution in [2.75, 3.05) is 0 Å². The molecule has 0 aliphatic heterocycles. The van der Waals surface area contributed by atoms with Crippen LogP contribution in [0.15, 0.2) is 18.2 Å². The van der Waals surface area contributed by atoms with Crippen LogP contribution in [-0.2, 0) is 6.42 Å². The van der Waals surface area contributed by atoms with Crippen molar-refractivity contribution < 1.29 is 9.18 Å². The number of halogens is 1. The normalized spacial score (nSPS) is 10.2. The van der Waals surface area contributed by atoms with E-state index in [9.17, 15) is 9.18 Å². The Bertz CT molecular complexity index is 331. The van der Waals surface area contributed by atoms with Crippen molar-refractivity contribution >= 4 is 5.78 Å². The van der Waals surface area contributed by atoms with Crippen molar-refractivity contribution in [2.45, 2.75) is 33.1 Å². The third kappa shape index (κ3) is 2.66. The molecule has 0 unspecified atom stereocenters. The number of carbonyl (C=O) groups is 1. The molecule has 14 heavy (non-hydrogen) atoms. The summed E-state index contributed by atoms with van der Waals surface area (Å²) in [5.41, 5.74) is 1.49. The van der Waals surface area contributed by atoms with Crippen molar-refractivity contribution in [2.24, 2.45) is 0 Å². The first kappa shape index (κ1) is 10.9. The number of rotatable bonds is 4. The molecule has 0 aromatic heterocycles. The molecule has 0 N–H and O–H groups in total. The Morgan fingerprint density at radius 3 is 2.71 bits per heavy atom. The Kier molecular flexibility index (Phi) is 3.81. The van der Waals surface area contributed by atoms with E-state index in [0.717, 1.165) is 24.8 Å². The van der Waals surface area contributed by atoms with Gasteiger partial charge in [0.1, 0.15) is 5.82 Å². The molecular formula is C12H15FO. The second kappa shape index (κ2) is 4.89. The van der Waals surface area contributed by atoms with Crippen LogP contribution >= 0.6 is 0 Å². The predicted molar refractivity (Wildman–Crippen MR) is 55.0 cm³/mol. The molecule has 0 spiro atoms. The minimum atomic E-state index is -0.263. The van der Waals surface area contributed by atoms with E-state index in [0.29, 0.717) is 5.56 Å². The van der Waals surface area contributed by atoms with E-state index in [1.54, 1.807) is 6.07 Å². The summed E-state index contributed by atoms with van der Waals surface area (Å²) >= 11 is 0. The molecule has 0 aliphatic carbocycles. The number of ketones is 1. The highest BCUT2D eigenvalue weighted by Crippen LogP contribution is 2.14. The van der Waals surface area contributed by atoms with E-state index < -0.39 is 0 Å². The number of Topliss-reactive ketones (excluding diaryl/α,β-unsaturated/α-hetero) is 1. The van der Waals surface area contributed by atoms with Crippen molar-refractivity contribution in [3.8, 4) is 0 Å². The van der Waals surface area contributed by atoms with Gasteiger partial charge in [-0.1, -0.05) is 13.3 Å². The molecule has 2 heteroatoms. The maximum atomic E-state index is 12.9. The highest BCUT2D eigenvalue weighted by molar-refractivity contribution is 5.95.